The maximum absolute atomic E-state index is 11.2. The molecule has 92 valence electrons. The molecule has 0 saturated heterocycles. The lowest BCUT2D eigenvalue weighted by molar-refractivity contribution is -0.133. The second-order valence-electron chi connectivity index (χ2n) is 3.65. The minimum atomic E-state index is -1.18. The van der Waals surface area contributed by atoms with Crippen molar-refractivity contribution in [2.45, 2.75) is 6.10 Å². The van der Waals surface area contributed by atoms with Gasteiger partial charge in [0, 0.05) is 18.0 Å². The molecule has 2 heterocycles. The molecule has 0 radical (unpaired) electrons. The van der Waals surface area contributed by atoms with Gasteiger partial charge >= 0.3 is 5.97 Å². The van der Waals surface area contributed by atoms with Gasteiger partial charge in [-0.1, -0.05) is 6.07 Å². The molecule has 2 aromatic rings. The first-order valence-electron chi connectivity index (χ1n) is 5.23. The van der Waals surface area contributed by atoms with Crippen LogP contribution in [-0.2, 0) is 4.79 Å². The summed E-state index contributed by atoms with van der Waals surface area (Å²) in [5.41, 5.74) is 1.16. The monoisotopic (exact) mass is 261 g/mol. The van der Waals surface area contributed by atoms with Gasteiger partial charge in [-0.25, -0.2) is 4.79 Å². The number of aliphatic hydroxyl groups is 1. The fraction of sp³-hybridized carbons (Fsp3) is 0.0769. The van der Waals surface area contributed by atoms with Crippen LogP contribution in [0.3, 0.4) is 0 Å². The number of nitrogens with zero attached hydrogens (tertiary/aromatic N) is 1. The Hall–Kier alpha value is -1.98. The highest BCUT2D eigenvalue weighted by Gasteiger charge is 2.20. The van der Waals surface area contributed by atoms with E-state index in [2.05, 4.69) is 4.98 Å². The minimum Gasteiger partial charge on any atom is -0.478 e. The van der Waals surface area contributed by atoms with Crippen molar-refractivity contribution >= 4 is 23.4 Å². The van der Waals surface area contributed by atoms with Gasteiger partial charge in [0.2, 0.25) is 0 Å². The number of hydrogen-bond acceptors (Lipinski definition) is 4. The first-order valence-corrected chi connectivity index (χ1v) is 6.18. The maximum Gasteiger partial charge on any atom is 0.334 e. The van der Waals surface area contributed by atoms with Crippen LogP contribution in [0.2, 0.25) is 0 Å². The summed E-state index contributed by atoms with van der Waals surface area (Å²) in [5.74, 6) is -1.14. The Morgan fingerprint density at radius 1 is 1.44 bits per heavy atom. The molecule has 1 atom stereocenters. The van der Waals surface area contributed by atoms with Gasteiger partial charge in [0.1, 0.15) is 6.10 Å². The van der Waals surface area contributed by atoms with E-state index in [9.17, 15) is 9.90 Å². The molecule has 0 bridgehead atoms. The fourth-order valence-electron chi connectivity index (χ4n) is 1.51. The summed E-state index contributed by atoms with van der Waals surface area (Å²) >= 11 is 1.47. The predicted octanol–water partition coefficient (Wildman–Crippen LogP) is 2.34. The van der Waals surface area contributed by atoms with E-state index in [0.717, 1.165) is 5.56 Å². The van der Waals surface area contributed by atoms with Crippen LogP contribution in [0.5, 0.6) is 0 Å². The van der Waals surface area contributed by atoms with Crippen LogP contribution >= 0.6 is 11.3 Å². The standard InChI is InChI=1S/C13H11NO3S/c15-12(10-2-1-4-14-7-10)11(13(16)17)6-9-3-5-18-8-9/h1-8,12,15H,(H,16,17). The largest absolute Gasteiger partial charge is 0.478 e. The Bertz CT molecular complexity index is 549. The number of aliphatic carboxylic acids is 1. The Labute approximate surface area is 108 Å². The molecular formula is C13H11NO3S. The SMILES string of the molecule is O=C(O)C(=Cc1ccsc1)C(O)c1cccnc1. The summed E-state index contributed by atoms with van der Waals surface area (Å²) in [6.45, 7) is 0. The molecule has 2 aromatic heterocycles. The Kier molecular flexibility index (Phi) is 3.86. The lowest BCUT2D eigenvalue weighted by Crippen LogP contribution is -2.10. The second kappa shape index (κ2) is 5.57. The summed E-state index contributed by atoms with van der Waals surface area (Å²) in [4.78, 5) is 15.1. The van der Waals surface area contributed by atoms with E-state index in [-0.39, 0.29) is 5.57 Å². The number of thiophene rings is 1. The van der Waals surface area contributed by atoms with Gasteiger partial charge in [-0.2, -0.15) is 11.3 Å². The lowest BCUT2D eigenvalue weighted by atomic mass is 10.0. The molecule has 0 aliphatic carbocycles. The zero-order valence-corrected chi connectivity index (χ0v) is 10.2. The van der Waals surface area contributed by atoms with E-state index in [4.69, 9.17) is 5.11 Å². The fourth-order valence-corrected chi connectivity index (χ4v) is 2.13. The van der Waals surface area contributed by atoms with Gasteiger partial charge in [0.15, 0.2) is 0 Å². The molecule has 0 aliphatic heterocycles. The highest BCUT2D eigenvalue weighted by atomic mass is 32.1. The highest BCUT2D eigenvalue weighted by molar-refractivity contribution is 7.08. The summed E-state index contributed by atoms with van der Waals surface area (Å²) < 4.78 is 0. The maximum atomic E-state index is 11.2. The van der Waals surface area contributed by atoms with E-state index in [1.165, 1.54) is 23.6 Å². The zero-order chi connectivity index (χ0) is 13.0. The van der Waals surface area contributed by atoms with E-state index in [1.807, 2.05) is 10.8 Å². The summed E-state index contributed by atoms with van der Waals surface area (Å²) in [7, 11) is 0. The van der Waals surface area contributed by atoms with Crippen LogP contribution in [0, 0.1) is 0 Å². The molecule has 0 fully saturated rings. The Morgan fingerprint density at radius 2 is 2.28 bits per heavy atom. The first-order chi connectivity index (χ1) is 8.68. The van der Waals surface area contributed by atoms with Crippen LogP contribution in [0.25, 0.3) is 6.08 Å². The number of aliphatic hydroxyl groups excluding tert-OH is 1. The van der Waals surface area contributed by atoms with Gasteiger partial charge < -0.3 is 10.2 Å². The van der Waals surface area contributed by atoms with E-state index < -0.39 is 12.1 Å². The number of carboxylic acids is 1. The van der Waals surface area contributed by atoms with Gasteiger partial charge in [0.05, 0.1) is 5.57 Å². The normalized spacial score (nSPS) is 13.3. The van der Waals surface area contributed by atoms with Crippen LogP contribution < -0.4 is 0 Å². The summed E-state index contributed by atoms with van der Waals surface area (Å²) in [5, 5.41) is 22.9. The molecule has 5 heteroatoms. The van der Waals surface area contributed by atoms with Crippen molar-refractivity contribution in [2.24, 2.45) is 0 Å². The van der Waals surface area contributed by atoms with E-state index >= 15 is 0 Å². The molecule has 0 saturated carbocycles. The Morgan fingerprint density at radius 3 is 2.83 bits per heavy atom. The van der Waals surface area contributed by atoms with Gasteiger partial charge in [-0.3, -0.25) is 4.98 Å². The Balaban J connectivity index is 2.35. The molecule has 4 nitrogen and oxygen atoms in total. The van der Waals surface area contributed by atoms with Crippen molar-refractivity contribution in [1.29, 1.82) is 0 Å². The van der Waals surface area contributed by atoms with Crippen LogP contribution in [0.15, 0.2) is 46.9 Å². The molecule has 1 unspecified atom stereocenters. The molecule has 18 heavy (non-hydrogen) atoms. The third-order valence-corrected chi connectivity index (χ3v) is 3.11. The average molecular weight is 261 g/mol. The number of carboxylic acid groups (broad SMARTS) is 1. The quantitative estimate of drug-likeness (QED) is 0.829. The summed E-state index contributed by atoms with van der Waals surface area (Å²) in [6.07, 6.45) is 3.31. The van der Waals surface area contributed by atoms with E-state index in [0.29, 0.717) is 5.56 Å². The topological polar surface area (TPSA) is 70.4 Å². The highest BCUT2D eigenvalue weighted by Crippen LogP contribution is 2.23. The van der Waals surface area contributed by atoms with Gasteiger partial charge in [-0.05, 0) is 34.5 Å². The molecule has 0 aromatic carbocycles. The number of rotatable bonds is 4. The second-order valence-corrected chi connectivity index (χ2v) is 4.43. The third kappa shape index (κ3) is 2.82. The van der Waals surface area contributed by atoms with Crippen molar-refractivity contribution in [3.8, 4) is 0 Å². The number of pyridine rings is 1. The average Bonchev–Trinajstić information content (AvgIpc) is 2.89. The lowest BCUT2D eigenvalue weighted by Gasteiger charge is -2.11. The summed E-state index contributed by atoms with van der Waals surface area (Å²) in [6, 6.07) is 5.09. The van der Waals surface area contributed by atoms with Crippen molar-refractivity contribution in [1.82, 2.24) is 4.98 Å². The van der Waals surface area contributed by atoms with E-state index in [1.54, 1.807) is 24.4 Å². The van der Waals surface area contributed by atoms with Crippen molar-refractivity contribution in [3.63, 3.8) is 0 Å². The first kappa shape index (κ1) is 12.5. The zero-order valence-electron chi connectivity index (χ0n) is 9.35. The van der Waals surface area contributed by atoms with Gasteiger partial charge in [-0.15, -0.1) is 0 Å². The molecular weight excluding hydrogens is 250 g/mol. The predicted molar refractivity (Wildman–Crippen MR) is 69.1 cm³/mol. The number of carbonyl (C=O) groups is 1. The van der Waals surface area contributed by atoms with Crippen LogP contribution in [0.4, 0.5) is 0 Å². The third-order valence-electron chi connectivity index (χ3n) is 2.41. The minimum absolute atomic E-state index is 0.0681. The molecule has 0 spiro atoms. The molecule has 0 amide bonds. The number of hydrogen-bond donors (Lipinski definition) is 2. The molecule has 2 rings (SSSR count). The number of aromatic nitrogens is 1. The molecule has 0 aliphatic rings. The van der Waals surface area contributed by atoms with Crippen molar-refractivity contribution in [2.75, 3.05) is 0 Å². The van der Waals surface area contributed by atoms with Crippen LogP contribution in [-0.4, -0.2) is 21.2 Å². The van der Waals surface area contributed by atoms with Gasteiger partial charge in [0.25, 0.3) is 0 Å². The van der Waals surface area contributed by atoms with Crippen molar-refractivity contribution < 1.29 is 15.0 Å². The smallest absolute Gasteiger partial charge is 0.334 e. The van der Waals surface area contributed by atoms with Crippen LogP contribution in [0.1, 0.15) is 17.2 Å². The van der Waals surface area contributed by atoms with Crippen molar-refractivity contribution in [3.05, 3.63) is 58.1 Å². The molecule has 2 N–H and O–H groups in total.